The molecule has 0 atom stereocenters. The first-order valence-electron chi connectivity index (χ1n) is 10.4. The third kappa shape index (κ3) is 4.71. The van der Waals surface area contributed by atoms with Gasteiger partial charge in [-0.1, -0.05) is 30.3 Å². The number of nitrogens with zero attached hydrogens (tertiary/aromatic N) is 4. The van der Waals surface area contributed by atoms with Crippen LogP contribution in [0.4, 0.5) is 11.5 Å². The predicted molar refractivity (Wildman–Crippen MR) is 130 cm³/mol. The van der Waals surface area contributed by atoms with Crippen molar-refractivity contribution in [2.75, 3.05) is 50.5 Å². The van der Waals surface area contributed by atoms with Crippen LogP contribution in [0, 0.1) is 6.92 Å². The molecule has 1 N–H and O–H groups in total. The standard InChI is InChI=1S/C24H29N5S/c1-18-15-23(29-13-11-27(2)12-14-29)26-22-10-9-20(16-21(18)22)25-24(30)28(3)17-19-7-5-4-6-8-19/h4-10,15-16H,11-14,17H2,1-3H3,(H,25,30). The number of piperazine rings is 1. The molecule has 2 heterocycles. The average molecular weight is 420 g/mol. The summed E-state index contributed by atoms with van der Waals surface area (Å²) < 4.78 is 0. The summed E-state index contributed by atoms with van der Waals surface area (Å²) in [6.45, 7) is 7.14. The van der Waals surface area contributed by atoms with Crippen LogP contribution in [0.1, 0.15) is 11.1 Å². The van der Waals surface area contributed by atoms with E-state index in [1.54, 1.807) is 0 Å². The molecule has 30 heavy (non-hydrogen) atoms. The number of anilines is 2. The first-order chi connectivity index (χ1) is 14.5. The van der Waals surface area contributed by atoms with Crippen LogP contribution in [0.3, 0.4) is 0 Å². The second-order valence-electron chi connectivity index (χ2n) is 8.09. The Morgan fingerprint density at radius 2 is 1.80 bits per heavy atom. The van der Waals surface area contributed by atoms with Gasteiger partial charge in [0.15, 0.2) is 5.11 Å². The highest BCUT2D eigenvalue weighted by molar-refractivity contribution is 7.80. The Morgan fingerprint density at radius 1 is 1.07 bits per heavy atom. The molecule has 1 aromatic heterocycles. The maximum atomic E-state index is 5.62. The number of pyridine rings is 1. The van der Waals surface area contributed by atoms with Crippen LogP contribution in [-0.2, 0) is 6.54 Å². The van der Waals surface area contributed by atoms with Gasteiger partial charge >= 0.3 is 0 Å². The highest BCUT2D eigenvalue weighted by Gasteiger charge is 2.16. The lowest BCUT2D eigenvalue weighted by Crippen LogP contribution is -2.44. The van der Waals surface area contributed by atoms with Gasteiger partial charge < -0.3 is 20.0 Å². The van der Waals surface area contributed by atoms with Crippen molar-refractivity contribution >= 4 is 39.7 Å². The highest BCUT2D eigenvalue weighted by Crippen LogP contribution is 2.26. The third-order valence-corrected chi connectivity index (χ3v) is 6.10. The largest absolute Gasteiger partial charge is 0.354 e. The van der Waals surface area contributed by atoms with Crippen LogP contribution in [0.2, 0.25) is 0 Å². The molecule has 156 valence electrons. The molecule has 1 fully saturated rings. The Kier molecular flexibility index (Phi) is 6.16. The number of hydrogen-bond acceptors (Lipinski definition) is 4. The number of nitrogens with one attached hydrogen (secondary N) is 1. The monoisotopic (exact) mass is 419 g/mol. The second-order valence-corrected chi connectivity index (χ2v) is 8.48. The molecule has 0 aliphatic carbocycles. The molecule has 5 nitrogen and oxygen atoms in total. The number of hydrogen-bond donors (Lipinski definition) is 1. The number of thiocarbonyl (C=S) groups is 1. The smallest absolute Gasteiger partial charge is 0.173 e. The van der Waals surface area contributed by atoms with E-state index in [1.165, 1.54) is 11.1 Å². The maximum Gasteiger partial charge on any atom is 0.173 e. The van der Waals surface area contributed by atoms with Gasteiger partial charge in [-0.2, -0.15) is 0 Å². The van der Waals surface area contributed by atoms with Gasteiger partial charge in [-0.3, -0.25) is 0 Å². The van der Waals surface area contributed by atoms with Crippen molar-refractivity contribution in [2.45, 2.75) is 13.5 Å². The second kappa shape index (κ2) is 8.98. The van der Waals surface area contributed by atoms with Gasteiger partial charge in [0.05, 0.1) is 5.52 Å². The zero-order chi connectivity index (χ0) is 21.1. The first kappa shape index (κ1) is 20.6. The molecule has 0 amide bonds. The molecule has 0 bridgehead atoms. The number of benzene rings is 2. The van der Waals surface area contributed by atoms with Crippen molar-refractivity contribution in [3.8, 4) is 0 Å². The number of aryl methyl sites for hydroxylation is 1. The number of fused-ring (bicyclic) bond motifs is 1. The molecular formula is C24H29N5S. The lowest BCUT2D eigenvalue weighted by Gasteiger charge is -2.33. The van der Waals surface area contributed by atoms with Gasteiger partial charge in [-0.15, -0.1) is 0 Å². The van der Waals surface area contributed by atoms with Gasteiger partial charge in [-0.05, 0) is 61.6 Å². The maximum absolute atomic E-state index is 5.62. The minimum atomic E-state index is 0.706. The van der Waals surface area contributed by atoms with E-state index in [0.717, 1.165) is 55.1 Å². The Labute approximate surface area is 184 Å². The molecule has 4 rings (SSSR count). The van der Waals surface area contributed by atoms with E-state index in [-0.39, 0.29) is 0 Å². The van der Waals surface area contributed by atoms with E-state index >= 15 is 0 Å². The van der Waals surface area contributed by atoms with Crippen LogP contribution < -0.4 is 10.2 Å². The van der Waals surface area contributed by atoms with Crippen LogP contribution in [0.15, 0.2) is 54.6 Å². The Balaban J connectivity index is 1.48. The topological polar surface area (TPSA) is 34.6 Å². The zero-order valence-corrected chi connectivity index (χ0v) is 18.7. The van der Waals surface area contributed by atoms with Crippen molar-refractivity contribution in [1.29, 1.82) is 0 Å². The van der Waals surface area contributed by atoms with Crippen LogP contribution in [-0.4, -0.2) is 60.2 Å². The molecule has 0 radical (unpaired) electrons. The van der Waals surface area contributed by atoms with Gasteiger partial charge in [0.25, 0.3) is 0 Å². The lowest BCUT2D eigenvalue weighted by atomic mass is 10.1. The SMILES string of the molecule is Cc1cc(N2CCN(C)CC2)nc2ccc(NC(=S)N(C)Cc3ccccc3)cc12. The summed E-state index contributed by atoms with van der Waals surface area (Å²) in [4.78, 5) is 11.7. The van der Waals surface area contributed by atoms with Crippen molar-refractivity contribution < 1.29 is 0 Å². The molecule has 0 unspecified atom stereocenters. The lowest BCUT2D eigenvalue weighted by molar-refractivity contribution is 0.312. The Hall–Kier alpha value is -2.70. The van der Waals surface area contributed by atoms with E-state index in [0.29, 0.717) is 5.11 Å². The van der Waals surface area contributed by atoms with Gasteiger partial charge in [-0.25, -0.2) is 4.98 Å². The average Bonchev–Trinajstić information content (AvgIpc) is 2.75. The van der Waals surface area contributed by atoms with Crippen molar-refractivity contribution in [3.63, 3.8) is 0 Å². The molecule has 3 aromatic rings. The molecule has 1 saturated heterocycles. The summed E-state index contributed by atoms with van der Waals surface area (Å²) in [5.41, 5.74) is 4.49. The van der Waals surface area contributed by atoms with Crippen LogP contribution >= 0.6 is 12.2 Å². The van der Waals surface area contributed by atoms with Crippen molar-refractivity contribution in [3.05, 3.63) is 65.7 Å². The normalized spacial score (nSPS) is 14.7. The molecule has 1 aliphatic rings. The number of likely N-dealkylation sites (N-methyl/N-ethyl adjacent to an activating group) is 1. The Morgan fingerprint density at radius 3 is 2.53 bits per heavy atom. The summed E-state index contributed by atoms with van der Waals surface area (Å²) >= 11 is 5.62. The molecular weight excluding hydrogens is 390 g/mol. The van der Waals surface area contributed by atoms with Gasteiger partial charge in [0.1, 0.15) is 5.82 Å². The van der Waals surface area contributed by atoms with Crippen molar-refractivity contribution in [1.82, 2.24) is 14.8 Å². The quantitative estimate of drug-likeness (QED) is 0.641. The summed E-state index contributed by atoms with van der Waals surface area (Å²) in [7, 11) is 4.19. The van der Waals surface area contributed by atoms with E-state index in [1.807, 2.05) is 13.1 Å². The Bertz CT molecular complexity index is 1030. The highest BCUT2D eigenvalue weighted by atomic mass is 32.1. The van der Waals surface area contributed by atoms with Gasteiger partial charge in [0, 0.05) is 50.8 Å². The first-order valence-corrected chi connectivity index (χ1v) is 10.8. The zero-order valence-electron chi connectivity index (χ0n) is 17.9. The number of aromatic nitrogens is 1. The van der Waals surface area contributed by atoms with E-state index in [9.17, 15) is 0 Å². The molecule has 0 spiro atoms. The molecule has 1 aliphatic heterocycles. The van der Waals surface area contributed by atoms with E-state index in [2.05, 4.69) is 82.5 Å². The minimum absolute atomic E-state index is 0.706. The summed E-state index contributed by atoms with van der Waals surface area (Å²) in [5, 5.41) is 5.24. The van der Waals surface area contributed by atoms with Gasteiger partial charge in [0.2, 0.25) is 0 Å². The third-order valence-electron chi connectivity index (χ3n) is 5.69. The van der Waals surface area contributed by atoms with Crippen LogP contribution in [0.5, 0.6) is 0 Å². The summed E-state index contributed by atoms with van der Waals surface area (Å²) in [6.07, 6.45) is 0. The van der Waals surface area contributed by atoms with Crippen molar-refractivity contribution in [2.24, 2.45) is 0 Å². The number of rotatable bonds is 4. The van der Waals surface area contributed by atoms with Crippen LogP contribution in [0.25, 0.3) is 10.9 Å². The fraction of sp³-hybridized carbons (Fsp3) is 0.333. The molecule has 0 saturated carbocycles. The fourth-order valence-corrected chi connectivity index (χ4v) is 3.98. The molecule has 6 heteroatoms. The minimum Gasteiger partial charge on any atom is -0.354 e. The predicted octanol–water partition coefficient (Wildman–Crippen LogP) is 4.12. The van der Waals surface area contributed by atoms with E-state index in [4.69, 9.17) is 17.2 Å². The summed E-state index contributed by atoms with van der Waals surface area (Å²) in [5.74, 6) is 1.08. The summed E-state index contributed by atoms with van der Waals surface area (Å²) in [6, 6.07) is 18.9. The fourth-order valence-electron chi connectivity index (χ4n) is 3.80. The molecule has 2 aromatic carbocycles. The van der Waals surface area contributed by atoms with E-state index < -0.39 is 0 Å².